The Morgan fingerprint density at radius 3 is 2.71 bits per heavy atom. The Hall–Kier alpha value is -1.26. The first-order valence-electron chi connectivity index (χ1n) is 8.24. The molecular weight excluding hydrogens is 262 g/mol. The van der Waals surface area contributed by atoms with Crippen LogP contribution < -0.4 is 15.5 Å². The lowest BCUT2D eigenvalue weighted by Crippen LogP contribution is -2.36. The average Bonchev–Trinajstić information content (AvgIpc) is 3.02. The maximum atomic E-state index is 5.40. The predicted molar refractivity (Wildman–Crippen MR) is 88.2 cm³/mol. The van der Waals surface area contributed by atoms with Gasteiger partial charge in [0.15, 0.2) is 0 Å². The summed E-state index contributed by atoms with van der Waals surface area (Å²) in [6, 6.07) is 10.0. The summed E-state index contributed by atoms with van der Waals surface area (Å²) in [6.07, 6.45) is 3.85. The summed E-state index contributed by atoms with van der Waals surface area (Å²) in [4.78, 5) is 2.39. The highest BCUT2D eigenvalue weighted by molar-refractivity contribution is 5.55. The Bertz CT molecular complexity index is 422. The van der Waals surface area contributed by atoms with Crippen molar-refractivity contribution in [2.75, 3.05) is 43.1 Å². The smallest absolute Gasteiger partial charge is 0.0642 e. The second-order valence-corrected chi connectivity index (χ2v) is 6.22. The zero-order valence-corrected chi connectivity index (χ0v) is 13.0. The van der Waals surface area contributed by atoms with Crippen LogP contribution in [0.4, 0.5) is 11.4 Å². The van der Waals surface area contributed by atoms with E-state index in [1.807, 2.05) is 0 Å². The summed E-state index contributed by atoms with van der Waals surface area (Å²) < 4.78 is 5.40. The molecule has 1 aromatic rings. The minimum Gasteiger partial charge on any atom is -0.383 e. The van der Waals surface area contributed by atoms with E-state index in [0.717, 1.165) is 26.3 Å². The van der Waals surface area contributed by atoms with Gasteiger partial charge in [0.05, 0.1) is 13.2 Å². The molecule has 2 atom stereocenters. The highest BCUT2D eigenvalue weighted by Crippen LogP contribution is 2.20. The summed E-state index contributed by atoms with van der Waals surface area (Å²) in [5.74, 6) is 0. The fourth-order valence-electron chi connectivity index (χ4n) is 3.32. The zero-order chi connectivity index (χ0) is 14.5. The van der Waals surface area contributed by atoms with Crippen LogP contribution >= 0.6 is 0 Å². The first kappa shape index (κ1) is 14.7. The van der Waals surface area contributed by atoms with E-state index in [4.69, 9.17) is 4.74 Å². The lowest BCUT2D eigenvalue weighted by Gasteiger charge is -2.29. The van der Waals surface area contributed by atoms with Crippen LogP contribution in [0.1, 0.15) is 26.2 Å². The van der Waals surface area contributed by atoms with Gasteiger partial charge in [-0.1, -0.05) is 0 Å². The molecule has 2 aliphatic rings. The standard InChI is InChI=1S/C17H27N3O/c1-14(13-16-3-2-8-18-16)19-15-4-6-17(7-5-15)20-9-11-21-12-10-20/h4-7,14,16,18-19H,2-3,8-13H2,1H3. The van der Waals surface area contributed by atoms with Gasteiger partial charge in [0, 0.05) is 36.5 Å². The Kier molecular flexibility index (Phi) is 4.99. The van der Waals surface area contributed by atoms with E-state index < -0.39 is 0 Å². The predicted octanol–water partition coefficient (Wildman–Crippen LogP) is 2.47. The maximum absolute atomic E-state index is 5.40. The molecule has 0 spiro atoms. The molecular formula is C17H27N3O. The van der Waals surface area contributed by atoms with Gasteiger partial charge >= 0.3 is 0 Å². The van der Waals surface area contributed by atoms with Gasteiger partial charge in [-0.05, 0) is 57.0 Å². The Morgan fingerprint density at radius 2 is 2.05 bits per heavy atom. The Morgan fingerprint density at radius 1 is 1.29 bits per heavy atom. The van der Waals surface area contributed by atoms with Crippen LogP contribution in [0.25, 0.3) is 0 Å². The van der Waals surface area contributed by atoms with E-state index in [0.29, 0.717) is 12.1 Å². The van der Waals surface area contributed by atoms with Crippen molar-refractivity contribution in [2.45, 2.75) is 38.3 Å². The molecule has 3 rings (SSSR count). The lowest BCUT2D eigenvalue weighted by molar-refractivity contribution is 0.122. The molecule has 4 heteroatoms. The van der Waals surface area contributed by atoms with Crippen LogP contribution in [0.3, 0.4) is 0 Å². The number of nitrogens with one attached hydrogen (secondary N) is 2. The van der Waals surface area contributed by atoms with Crippen molar-refractivity contribution in [1.29, 1.82) is 0 Å². The Balaban J connectivity index is 1.51. The Labute approximate surface area is 127 Å². The van der Waals surface area contributed by atoms with Crippen LogP contribution in [0, 0.1) is 0 Å². The van der Waals surface area contributed by atoms with Gasteiger partial charge in [0.25, 0.3) is 0 Å². The molecule has 0 radical (unpaired) electrons. The molecule has 4 nitrogen and oxygen atoms in total. The largest absolute Gasteiger partial charge is 0.383 e. The van der Waals surface area contributed by atoms with E-state index in [-0.39, 0.29) is 0 Å². The highest BCUT2D eigenvalue weighted by Gasteiger charge is 2.17. The van der Waals surface area contributed by atoms with Gasteiger partial charge in [-0.25, -0.2) is 0 Å². The summed E-state index contributed by atoms with van der Waals surface area (Å²) in [5, 5.41) is 7.18. The van der Waals surface area contributed by atoms with Crippen molar-refractivity contribution in [3.8, 4) is 0 Å². The van der Waals surface area contributed by atoms with E-state index >= 15 is 0 Å². The number of nitrogens with zero attached hydrogens (tertiary/aromatic N) is 1. The van der Waals surface area contributed by atoms with Gasteiger partial charge in [-0.15, -0.1) is 0 Å². The number of morpholine rings is 1. The molecule has 0 aliphatic carbocycles. The number of benzene rings is 1. The van der Waals surface area contributed by atoms with Crippen molar-refractivity contribution in [2.24, 2.45) is 0 Å². The zero-order valence-electron chi connectivity index (χ0n) is 13.0. The molecule has 21 heavy (non-hydrogen) atoms. The average molecular weight is 289 g/mol. The second-order valence-electron chi connectivity index (χ2n) is 6.22. The molecule has 1 aromatic carbocycles. The highest BCUT2D eigenvalue weighted by atomic mass is 16.5. The molecule has 0 aromatic heterocycles. The van der Waals surface area contributed by atoms with Gasteiger partial charge in [0.2, 0.25) is 0 Å². The van der Waals surface area contributed by atoms with Gasteiger partial charge in [-0.3, -0.25) is 0 Å². The number of ether oxygens (including phenoxy) is 1. The van der Waals surface area contributed by atoms with Crippen molar-refractivity contribution in [3.63, 3.8) is 0 Å². The number of rotatable bonds is 5. The molecule has 2 heterocycles. The van der Waals surface area contributed by atoms with Crippen LogP contribution in [-0.2, 0) is 4.74 Å². The summed E-state index contributed by atoms with van der Waals surface area (Å²) in [7, 11) is 0. The van der Waals surface area contributed by atoms with Crippen LogP contribution in [-0.4, -0.2) is 44.9 Å². The molecule has 2 N–H and O–H groups in total. The topological polar surface area (TPSA) is 36.5 Å². The summed E-state index contributed by atoms with van der Waals surface area (Å²) in [5.41, 5.74) is 2.52. The summed E-state index contributed by atoms with van der Waals surface area (Å²) in [6.45, 7) is 7.13. The van der Waals surface area contributed by atoms with E-state index in [1.165, 1.54) is 37.2 Å². The fraction of sp³-hybridized carbons (Fsp3) is 0.647. The first-order chi connectivity index (χ1) is 10.3. The molecule has 2 fully saturated rings. The van der Waals surface area contributed by atoms with E-state index in [9.17, 15) is 0 Å². The maximum Gasteiger partial charge on any atom is 0.0642 e. The lowest BCUT2D eigenvalue weighted by atomic mass is 10.1. The van der Waals surface area contributed by atoms with Crippen LogP contribution in [0.5, 0.6) is 0 Å². The SMILES string of the molecule is CC(CC1CCCN1)Nc1ccc(N2CCOCC2)cc1. The first-order valence-corrected chi connectivity index (χ1v) is 8.24. The van der Waals surface area contributed by atoms with Gasteiger partial charge < -0.3 is 20.3 Å². The van der Waals surface area contributed by atoms with Crippen LogP contribution in [0.2, 0.25) is 0 Å². The van der Waals surface area contributed by atoms with Crippen molar-refractivity contribution < 1.29 is 4.74 Å². The molecule has 0 bridgehead atoms. The molecule has 0 saturated carbocycles. The number of hydrogen-bond acceptors (Lipinski definition) is 4. The van der Waals surface area contributed by atoms with Gasteiger partial charge in [-0.2, -0.15) is 0 Å². The molecule has 0 amide bonds. The van der Waals surface area contributed by atoms with Crippen molar-refractivity contribution in [1.82, 2.24) is 5.32 Å². The number of hydrogen-bond donors (Lipinski definition) is 2. The summed E-state index contributed by atoms with van der Waals surface area (Å²) >= 11 is 0. The second kappa shape index (κ2) is 7.14. The third kappa shape index (κ3) is 4.11. The van der Waals surface area contributed by atoms with E-state index in [1.54, 1.807) is 0 Å². The van der Waals surface area contributed by atoms with Crippen molar-refractivity contribution >= 4 is 11.4 Å². The minimum atomic E-state index is 0.509. The molecule has 2 saturated heterocycles. The minimum absolute atomic E-state index is 0.509. The normalized spacial score (nSPS) is 24.0. The van der Waals surface area contributed by atoms with Crippen LogP contribution in [0.15, 0.2) is 24.3 Å². The fourth-order valence-corrected chi connectivity index (χ4v) is 3.32. The molecule has 2 unspecified atom stereocenters. The van der Waals surface area contributed by atoms with Crippen molar-refractivity contribution in [3.05, 3.63) is 24.3 Å². The van der Waals surface area contributed by atoms with Gasteiger partial charge in [0.1, 0.15) is 0 Å². The number of anilines is 2. The van der Waals surface area contributed by atoms with E-state index in [2.05, 4.69) is 46.7 Å². The third-order valence-corrected chi connectivity index (χ3v) is 4.46. The quantitative estimate of drug-likeness (QED) is 0.873. The molecule has 2 aliphatic heterocycles. The molecule has 116 valence electrons. The monoisotopic (exact) mass is 289 g/mol. The third-order valence-electron chi connectivity index (χ3n) is 4.46.